The smallest absolute Gasteiger partial charge is 0.357 e. The predicted octanol–water partition coefficient (Wildman–Crippen LogP) is 2.38. The lowest BCUT2D eigenvalue weighted by Crippen LogP contribution is -1.96. The van der Waals surface area contributed by atoms with Crippen LogP contribution in [-0.4, -0.2) is 21.3 Å². The minimum atomic E-state index is -1.00. The molecule has 0 amide bonds. The SMILES string of the molecule is CC(C)c1ccc2c(C(=O)O)n[nH]c2c1. The van der Waals surface area contributed by atoms with Crippen molar-refractivity contribution in [1.82, 2.24) is 10.2 Å². The molecule has 0 saturated carbocycles. The topological polar surface area (TPSA) is 66.0 Å². The van der Waals surface area contributed by atoms with Gasteiger partial charge in [0.1, 0.15) is 0 Å². The number of carboxylic acid groups (broad SMARTS) is 1. The third-order valence-electron chi connectivity index (χ3n) is 2.46. The van der Waals surface area contributed by atoms with Crippen LogP contribution in [0.2, 0.25) is 0 Å². The van der Waals surface area contributed by atoms with Gasteiger partial charge in [0.25, 0.3) is 0 Å². The van der Waals surface area contributed by atoms with Crippen molar-refractivity contribution in [2.24, 2.45) is 0 Å². The lowest BCUT2D eigenvalue weighted by Gasteiger charge is -2.03. The highest BCUT2D eigenvalue weighted by atomic mass is 16.4. The average molecular weight is 204 g/mol. The second-order valence-electron chi connectivity index (χ2n) is 3.84. The van der Waals surface area contributed by atoms with Crippen molar-refractivity contribution >= 4 is 16.9 Å². The molecule has 4 heteroatoms. The molecule has 4 nitrogen and oxygen atoms in total. The molecule has 78 valence electrons. The summed E-state index contributed by atoms with van der Waals surface area (Å²) >= 11 is 0. The van der Waals surface area contributed by atoms with E-state index in [1.165, 1.54) is 5.56 Å². The van der Waals surface area contributed by atoms with E-state index in [0.29, 0.717) is 11.3 Å². The second kappa shape index (κ2) is 3.38. The van der Waals surface area contributed by atoms with Crippen molar-refractivity contribution < 1.29 is 9.90 Å². The van der Waals surface area contributed by atoms with Gasteiger partial charge in [-0.1, -0.05) is 26.0 Å². The van der Waals surface area contributed by atoms with Gasteiger partial charge in [-0.15, -0.1) is 0 Å². The highest BCUT2D eigenvalue weighted by Gasteiger charge is 2.12. The molecule has 0 aliphatic rings. The maximum absolute atomic E-state index is 10.8. The van der Waals surface area contributed by atoms with Crippen LogP contribution in [0.1, 0.15) is 35.8 Å². The Kier molecular flexibility index (Phi) is 2.19. The lowest BCUT2D eigenvalue weighted by atomic mass is 10.0. The van der Waals surface area contributed by atoms with E-state index in [2.05, 4.69) is 24.0 Å². The third kappa shape index (κ3) is 1.58. The van der Waals surface area contributed by atoms with Crippen LogP contribution >= 0.6 is 0 Å². The molecule has 2 rings (SSSR count). The van der Waals surface area contributed by atoms with Crippen LogP contribution in [0.3, 0.4) is 0 Å². The van der Waals surface area contributed by atoms with E-state index >= 15 is 0 Å². The fourth-order valence-corrected chi connectivity index (χ4v) is 1.56. The third-order valence-corrected chi connectivity index (χ3v) is 2.46. The molecule has 0 radical (unpaired) electrons. The predicted molar refractivity (Wildman–Crippen MR) is 57.1 cm³/mol. The van der Waals surface area contributed by atoms with Crippen molar-refractivity contribution in [1.29, 1.82) is 0 Å². The van der Waals surface area contributed by atoms with Crippen LogP contribution in [0.4, 0.5) is 0 Å². The number of aromatic nitrogens is 2. The number of H-pyrrole nitrogens is 1. The fourth-order valence-electron chi connectivity index (χ4n) is 1.56. The van der Waals surface area contributed by atoms with Gasteiger partial charge in [0.15, 0.2) is 5.69 Å². The number of aromatic amines is 1. The molecule has 0 aliphatic heterocycles. The van der Waals surface area contributed by atoms with Gasteiger partial charge < -0.3 is 5.11 Å². The molecule has 0 aliphatic carbocycles. The molecule has 1 aromatic heterocycles. The number of carbonyl (C=O) groups is 1. The summed E-state index contributed by atoms with van der Waals surface area (Å²) in [6, 6.07) is 5.69. The number of fused-ring (bicyclic) bond motifs is 1. The maximum Gasteiger partial charge on any atom is 0.357 e. The Hall–Kier alpha value is -1.84. The number of hydrogen-bond acceptors (Lipinski definition) is 2. The first-order chi connectivity index (χ1) is 7.09. The second-order valence-corrected chi connectivity index (χ2v) is 3.84. The van der Waals surface area contributed by atoms with Crippen molar-refractivity contribution in [3.8, 4) is 0 Å². The van der Waals surface area contributed by atoms with E-state index < -0.39 is 5.97 Å². The molecule has 0 bridgehead atoms. The van der Waals surface area contributed by atoms with E-state index in [4.69, 9.17) is 5.11 Å². The normalized spacial score (nSPS) is 11.1. The number of carboxylic acids is 1. The number of nitrogens with one attached hydrogen (secondary N) is 1. The monoisotopic (exact) mass is 204 g/mol. The Bertz CT molecular complexity index is 514. The molecule has 0 atom stereocenters. The van der Waals surface area contributed by atoms with Crippen LogP contribution in [-0.2, 0) is 0 Å². The molecule has 1 aromatic carbocycles. The van der Waals surface area contributed by atoms with Gasteiger partial charge in [-0.05, 0) is 17.5 Å². The number of aromatic carboxylic acids is 1. The molecule has 2 N–H and O–H groups in total. The molecular formula is C11H12N2O2. The molecule has 0 spiro atoms. The van der Waals surface area contributed by atoms with Gasteiger partial charge in [0.2, 0.25) is 0 Å². The molecular weight excluding hydrogens is 192 g/mol. The van der Waals surface area contributed by atoms with Crippen LogP contribution in [0.25, 0.3) is 10.9 Å². The largest absolute Gasteiger partial charge is 0.476 e. The van der Waals surface area contributed by atoms with Gasteiger partial charge in [0.05, 0.1) is 5.52 Å². The van der Waals surface area contributed by atoms with Gasteiger partial charge in [-0.3, -0.25) is 5.10 Å². The zero-order valence-electron chi connectivity index (χ0n) is 8.61. The number of hydrogen-bond donors (Lipinski definition) is 2. The zero-order valence-corrected chi connectivity index (χ0v) is 8.61. The number of nitrogens with zero attached hydrogens (tertiary/aromatic N) is 1. The van der Waals surface area contributed by atoms with Crippen molar-refractivity contribution in [3.63, 3.8) is 0 Å². The van der Waals surface area contributed by atoms with E-state index in [0.717, 1.165) is 5.52 Å². The number of rotatable bonds is 2. The zero-order chi connectivity index (χ0) is 11.0. The van der Waals surface area contributed by atoms with Crippen LogP contribution in [0.15, 0.2) is 18.2 Å². The summed E-state index contributed by atoms with van der Waals surface area (Å²) in [7, 11) is 0. The Morgan fingerprint density at radius 3 is 2.80 bits per heavy atom. The average Bonchev–Trinajstić information content (AvgIpc) is 2.59. The van der Waals surface area contributed by atoms with Gasteiger partial charge in [-0.25, -0.2) is 4.79 Å². The lowest BCUT2D eigenvalue weighted by molar-refractivity contribution is 0.0692. The molecule has 0 unspecified atom stereocenters. The minimum absolute atomic E-state index is 0.0836. The van der Waals surface area contributed by atoms with Gasteiger partial charge in [0, 0.05) is 5.39 Å². The molecule has 0 saturated heterocycles. The standard InChI is InChI=1S/C11H12N2O2/c1-6(2)7-3-4-8-9(5-7)12-13-10(8)11(14)15/h3-6H,1-2H3,(H,12,13)(H,14,15). The molecule has 0 fully saturated rings. The Labute approximate surface area is 86.9 Å². The minimum Gasteiger partial charge on any atom is -0.476 e. The van der Waals surface area contributed by atoms with E-state index in [9.17, 15) is 4.79 Å². The Morgan fingerprint density at radius 1 is 1.47 bits per heavy atom. The summed E-state index contributed by atoms with van der Waals surface area (Å²) in [4.78, 5) is 10.8. The quantitative estimate of drug-likeness (QED) is 0.789. The Balaban J connectivity index is 2.61. The first-order valence-electron chi connectivity index (χ1n) is 4.81. The van der Waals surface area contributed by atoms with E-state index in [1.807, 2.05) is 12.1 Å². The molecule has 2 aromatic rings. The van der Waals surface area contributed by atoms with Crippen LogP contribution < -0.4 is 0 Å². The fraction of sp³-hybridized carbons (Fsp3) is 0.273. The van der Waals surface area contributed by atoms with Crippen molar-refractivity contribution in [2.75, 3.05) is 0 Å². The molecule has 1 heterocycles. The summed E-state index contributed by atoms with van der Waals surface area (Å²) in [6.45, 7) is 4.19. The first kappa shape index (κ1) is 9.71. The van der Waals surface area contributed by atoms with E-state index in [1.54, 1.807) is 6.07 Å². The highest BCUT2D eigenvalue weighted by Crippen LogP contribution is 2.21. The highest BCUT2D eigenvalue weighted by molar-refractivity contribution is 6.00. The molecule has 15 heavy (non-hydrogen) atoms. The number of benzene rings is 1. The summed E-state index contributed by atoms with van der Waals surface area (Å²) in [5.74, 6) is -0.579. The van der Waals surface area contributed by atoms with Crippen molar-refractivity contribution in [2.45, 2.75) is 19.8 Å². The Morgan fingerprint density at radius 2 is 2.20 bits per heavy atom. The van der Waals surface area contributed by atoms with Crippen LogP contribution in [0.5, 0.6) is 0 Å². The van der Waals surface area contributed by atoms with Crippen molar-refractivity contribution in [3.05, 3.63) is 29.5 Å². The summed E-state index contributed by atoms with van der Waals surface area (Å²) in [6.07, 6.45) is 0. The van der Waals surface area contributed by atoms with Crippen LogP contribution in [0, 0.1) is 0 Å². The van der Waals surface area contributed by atoms with Gasteiger partial charge >= 0.3 is 5.97 Å². The van der Waals surface area contributed by atoms with Gasteiger partial charge in [-0.2, -0.15) is 5.10 Å². The summed E-state index contributed by atoms with van der Waals surface area (Å²) in [5, 5.41) is 16.0. The summed E-state index contributed by atoms with van der Waals surface area (Å²) < 4.78 is 0. The van der Waals surface area contributed by atoms with E-state index in [-0.39, 0.29) is 5.69 Å². The summed E-state index contributed by atoms with van der Waals surface area (Å²) in [5.41, 5.74) is 2.03. The maximum atomic E-state index is 10.8. The first-order valence-corrected chi connectivity index (χ1v) is 4.81.